The molecule has 0 amide bonds. The number of aromatic nitrogens is 2. The number of nitrogens with one attached hydrogen (secondary N) is 1. The van der Waals surface area contributed by atoms with Crippen molar-refractivity contribution >= 4 is 31.9 Å². The van der Waals surface area contributed by atoms with Crippen LogP contribution >= 0.6 is 15.9 Å². The predicted octanol–water partition coefficient (Wildman–Crippen LogP) is 2.05. The number of rotatable bonds is 4. The van der Waals surface area contributed by atoms with Gasteiger partial charge in [0.1, 0.15) is 10.6 Å². The first-order chi connectivity index (χ1) is 9.03. The van der Waals surface area contributed by atoms with Gasteiger partial charge in [-0.1, -0.05) is 15.9 Å². The van der Waals surface area contributed by atoms with Gasteiger partial charge >= 0.3 is 0 Å². The van der Waals surface area contributed by atoms with Crippen LogP contribution in [0.25, 0.3) is 0 Å². The Morgan fingerprint density at radius 1 is 1.26 bits per heavy atom. The van der Waals surface area contributed by atoms with Crippen molar-refractivity contribution in [3.8, 4) is 5.75 Å². The zero-order valence-electron chi connectivity index (χ0n) is 9.87. The van der Waals surface area contributed by atoms with E-state index in [0.29, 0.717) is 4.47 Å². The van der Waals surface area contributed by atoms with E-state index < -0.39 is 10.0 Å². The lowest BCUT2D eigenvalue weighted by atomic mass is 10.3. The molecule has 0 atom stereocenters. The molecule has 2 rings (SSSR count). The Bertz CT molecular complexity index is 677. The van der Waals surface area contributed by atoms with Crippen LogP contribution in [0, 0.1) is 0 Å². The monoisotopic (exact) mass is 343 g/mol. The standard InChI is InChI=1S/C11H10BrN3O3S/c1-18-9-4-3-8(12)7-10(9)19(16,17)15-11-13-5-2-6-14-11/h2-7H,1H3,(H,13,14,15). The fourth-order valence-corrected chi connectivity index (χ4v) is 3.05. The smallest absolute Gasteiger partial charge is 0.267 e. The van der Waals surface area contributed by atoms with E-state index in [0.717, 1.165) is 0 Å². The quantitative estimate of drug-likeness (QED) is 0.918. The molecule has 0 unspecified atom stereocenters. The molecule has 8 heteroatoms. The number of methoxy groups -OCH3 is 1. The second kappa shape index (κ2) is 5.54. The zero-order valence-corrected chi connectivity index (χ0v) is 12.3. The summed E-state index contributed by atoms with van der Waals surface area (Å²) in [6.07, 6.45) is 2.89. The van der Waals surface area contributed by atoms with E-state index in [1.807, 2.05) is 0 Å². The third-order valence-corrected chi connectivity index (χ3v) is 4.05. The molecule has 0 bridgehead atoms. The van der Waals surface area contributed by atoms with Crippen molar-refractivity contribution in [1.29, 1.82) is 0 Å². The van der Waals surface area contributed by atoms with Gasteiger partial charge < -0.3 is 4.74 Å². The molecule has 0 saturated carbocycles. The van der Waals surface area contributed by atoms with E-state index in [2.05, 4.69) is 30.6 Å². The Kier molecular flexibility index (Phi) is 4.01. The van der Waals surface area contributed by atoms with Crippen molar-refractivity contribution in [1.82, 2.24) is 9.97 Å². The van der Waals surface area contributed by atoms with Crippen LogP contribution in [0.15, 0.2) is 46.0 Å². The Balaban J connectivity index is 2.42. The van der Waals surface area contributed by atoms with Gasteiger partial charge in [0, 0.05) is 16.9 Å². The molecule has 0 aliphatic rings. The minimum absolute atomic E-state index is 0.00419. The molecule has 1 heterocycles. The van der Waals surface area contributed by atoms with Crippen molar-refractivity contribution in [2.75, 3.05) is 11.8 Å². The highest BCUT2D eigenvalue weighted by Gasteiger charge is 2.20. The molecule has 0 saturated heterocycles. The van der Waals surface area contributed by atoms with Gasteiger partial charge in [-0.2, -0.15) is 0 Å². The van der Waals surface area contributed by atoms with E-state index in [9.17, 15) is 8.42 Å². The van der Waals surface area contributed by atoms with Gasteiger partial charge in [0.05, 0.1) is 7.11 Å². The maximum Gasteiger partial charge on any atom is 0.267 e. The van der Waals surface area contributed by atoms with Crippen molar-refractivity contribution in [3.63, 3.8) is 0 Å². The Labute approximate surface area is 119 Å². The number of hydrogen-bond acceptors (Lipinski definition) is 5. The fraction of sp³-hybridized carbons (Fsp3) is 0.0909. The van der Waals surface area contributed by atoms with Crippen molar-refractivity contribution in [2.24, 2.45) is 0 Å². The summed E-state index contributed by atoms with van der Waals surface area (Å²) in [5, 5.41) is 0. The number of hydrogen-bond donors (Lipinski definition) is 1. The average molecular weight is 344 g/mol. The number of ether oxygens (including phenoxy) is 1. The van der Waals surface area contributed by atoms with Gasteiger partial charge in [0.15, 0.2) is 0 Å². The van der Waals surface area contributed by atoms with Crippen LogP contribution in [-0.2, 0) is 10.0 Å². The second-order valence-corrected chi connectivity index (χ2v) is 6.04. The lowest BCUT2D eigenvalue weighted by molar-refractivity contribution is 0.403. The van der Waals surface area contributed by atoms with Crippen molar-refractivity contribution < 1.29 is 13.2 Å². The minimum atomic E-state index is -3.81. The van der Waals surface area contributed by atoms with E-state index in [1.54, 1.807) is 18.2 Å². The number of halogens is 1. The Morgan fingerprint density at radius 2 is 1.95 bits per heavy atom. The SMILES string of the molecule is COc1ccc(Br)cc1S(=O)(=O)Nc1ncccn1. The van der Waals surface area contributed by atoms with Gasteiger partial charge in [-0.25, -0.2) is 23.1 Å². The molecule has 2 aromatic rings. The third kappa shape index (κ3) is 3.21. The normalized spacial score (nSPS) is 11.1. The van der Waals surface area contributed by atoms with Crippen molar-refractivity contribution in [3.05, 3.63) is 41.1 Å². The molecule has 1 aromatic carbocycles. The summed E-state index contributed by atoms with van der Waals surface area (Å²) in [6.45, 7) is 0. The highest BCUT2D eigenvalue weighted by Crippen LogP contribution is 2.28. The van der Waals surface area contributed by atoms with Crippen LogP contribution in [0.3, 0.4) is 0 Å². The lowest BCUT2D eigenvalue weighted by Gasteiger charge is -2.10. The van der Waals surface area contributed by atoms with E-state index >= 15 is 0 Å². The molecular formula is C11H10BrN3O3S. The Morgan fingerprint density at radius 3 is 2.58 bits per heavy atom. The number of nitrogens with zero attached hydrogens (tertiary/aromatic N) is 2. The minimum Gasteiger partial charge on any atom is -0.495 e. The molecule has 6 nitrogen and oxygen atoms in total. The highest BCUT2D eigenvalue weighted by atomic mass is 79.9. The molecule has 0 radical (unpaired) electrons. The summed E-state index contributed by atoms with van der Waals surface area (Å²) in [4.78, 5) is 7.64. The predicted molar refractivity (Wildman–Crippen MR) is 73.5 cm³/mol. The first-order valence-corrected chi connectivity index (χ1v) is 7.44. The molecule has 0 spiro atoms. The molecule has 1 aromatic heterocycles. The fourth-order valence-electron chi connectivity index (χ4n) is 1.39. The summed E-state index contributed by atoms with van der Waals surface area (Å²) < 4.78 is 32.4. The van der Waals surface area contributed by atoms with Crippen LogP contribution in [-0.4, -0.2) is 25.5 Å². The van der Waals surface area contributed by atoms with Gasteiger partial charge in [-0.05, 0) is 24.3 Å². The summed E-state index contributed by atoms with van der Waals surface area (Å²) in [5.41, 5.74) is 0. The molecule has 1 N–H and O–H groups in total. The zero-order chi connectivity index (χ0) is 13.9. The molecule has 0 aliphatic heterocycles. The van der Waals surface area contributed by atoms with Crippen molar-refractivity contribution in [2.45, 2.75) is 4.90 Å². The van der Waals surface area contributed by atoms with E-state index in [1.165, 1.54) is 25.6 Å². The highest BCUT2D eigenvalue weighted by molar-refractivity contribution is 9.10. The largest absolute Gasteiger partial charge is 0.495 e. The summed E-state index contributed by atoms with van der Waals surface area (Å²) in [7, 11) is -2.40. The summed E-state index contributed by atoms with van der Waals surface area (Å²) in [5.74, 6) is 0.246. The second-order valence-electron chi connectivity index (χ2n) is 3.47. The van der Waals surface area contributed by atoms with Crippen LogP contribution in [0.2, 0.25) is 0 Å². The van der Waals surface area contributed by atoms with Crippen LogP contribution < -0.4 is 9.46 Å². The number of sulfonamides is 1. The summed E-state index contributed by atoms with van der Waals surface area (Å²) >= 11 is 3.22. The molecular weight excluding hydrogens is 334 g/mol. The van der Waals surface area contributed by atoms with Gasteiger partial charge in [-0.15, -0.1) is 0 Å². The van der Waals surface area contributed by atoms with Crippen LogP contribution in [0.5, 0.6) is 5.75 Å². The van der Waals surface area contributed by atoms with E-state index in [4.69, 9.17) is 4.74 Å². The van der Waals surface area contributed by atoms with Gasteiger partial charge in [0.25, 0.3) is 10.0 Å². The maximum atomic E-state index is 12.2. The molecule has 100 valence electrons. The van der Waals surface area contributed by atoms with Gasteiger partial charge in [-0.3, -0.25) is 0 Å². The topological polar surface area (TPSA) is 81.2 Å². The first-order valence-electron chi connectivity index (χ1n) is 5.16. The third-order valence-electron chi connectivity index (χ3n) is 2.21. The first kappa shape index (κ1) is 13.8. The average Bonchev–Trinajstić information content (AvgIpc) is 2.39. The number of anilines is 1. The Hall–Kier alpha value is -1.67. The van der Waals surface area contributed by atoms with Gasteiger partial charge in [0.2, 0.25) is 5.95 Å². The lowest BCUT2D eigenvalue weighted by Crippen LogP contribution is -2.15. The molecule has 19 heavy (non-hydrogen) atoms. The molecule has 0 fully saturated rings. The van der Waals surface area contributed by atoms with Crippen LogP contribution in [0.1, 0.15) is 0 Å². The summed E-state index contributed by atoms with van der Waals surface area (Å²) in [6, 6.07) is 6.29. The maximum absolute atomic E-state index is 12.2. The van der Waals surface area contributed by atoms with Crippen LogP contribution in [0.4, 0.5) is 5.95 Å². The molecule has 0 aliphatic carbocycles. The van der Waals surface area contributed by atoms with E-state index in [-0.39, 0.29) is 16.6 Å². The number of benzene rings is 1.